The van der Waals surface area contributed by atoms with Gasteiger partial charge in [-0.15, -0.1) is 11.8 Å². The number of aromatic nitrogens is 2. The Morgan fingerprint density at radius 2 is 2.00 bits per heavy atom. The highest BCUT2D eigenvalue weighted by Gasteiger charge is 2.16. The third kappa shape index (κ3) is 8.22. The van der Waals surface area contributed by atoms with Gasteiger partial charge in [0.15, 0.2) is 0 Å². The number of amides is 1. The Labute approximate surface area is 137 Å². The number of nitrogens with one attached hydrogen (secondary N) is 1. The second-order valence-electron chi connectivity index (χ2n) is 6.42. The van der Waals surface area contributed by atoms with Gasteiger partial charge in [-0.25, -0.2) is 14.8 Å². The molecule has 0 spiro atoms. The number of carbonyl (C=O) groups is 1. The highest BCUT2D eigenvalue weighted by Crippen LogP contribution is 2.12. The Bertz CT molecular complexity index is 457. The van der Waals surface area contributed by atoms with Gasteiger partial charge >= 0.3 is 6.09 Å². The molecule has 1 rings (SSSR count). The molecule has 1 atom stereocenters. The first kappa shape index (κ1) is 18.7. The van der Waals surface area contributed by atoms with Gasteiger partial charge in [0.25, 0.3) is 0 Å². The first-order valence-corrected chi connectivity index (χ1v) is 8.84. The summed E-state index contributed by atoms with van der Waals surface area (Å²) in [4.78, 5) is 21.3. The third-order valence-electron chi connectivity index (χ3n) is 3.01. The van der Waals surface area contributed by atoms with E-state index in [2.05, 4.69) is 22.2 Å². The molecule has 0 saturated carbocycles. The van der Waals surface area contributed by atoms with Crippen molar-refractivity contribution < 1.29 is 9.53 Å². The Balaban J connectivity index is 2.20. The molecule has 22 heavy (non-hydrogen) atoms. The number of hydrogen-bond acceptors (Lipinski definition) is 5. The van der Waals surface area contributed by atoms with Crippen LogP contribution in [-0.4, -0.2) is 34.5 Å². The first-order valence-electron chi connectivity index (χ1n) is 7.62. The fourth-order valence-electron chi connectivity index (χ4n) is 1.86. The van der Waals surface area contributed by atoms with Gasteiger partial charge < -0.3 is 10.1 Å². The van der Waals surface area contributed by atoms with Gasteiger partial charge in [0, 0.05) is 30.3 Å². The van der Waals surface area contributed by atoms with E-state index in [0.717, 1.165) is 30.0 Å². The van der Waals surface area contributed by atoms with E-state index < -0.39 is 5.60 Å². The van der Waals surface area contributed by atoms with Crippen LogP contribution in [0.25, 0.3) is 0 Å². The first-order chi connectivity index (χ1) is 10.3. The van der Waals surface area contributed by atoms with Crippen molar-refractivity contribution in [1.82, 2.24) is 15.3 Å². The smallest absolute Gasteiger partial charge is 0.407 e. The van der Waals surface area contributed by atoms with Gasteiger partial charge in [0.2, 0.25) is 0 Å². The quantitative estimate of drug-likeness (QED) is 0.775. The van der Waals surface area contributed by atoms with E-state index in [1.165, 1.54) is 0 Å². The molecule has 5 nitrogen and oxygen atoms in total. The molecule has 0 aromatic carbocycles. The lowest BCUT2D eigenvalue weighted by Gasteiger charge is -2.20. The summed E-state index contributed by atoms with van der Waals surface area (Å²) < 4.78 is 5.21. The highest BCUT2D eigenvalue weighted by molar-refractivity contribution is 7.98. The molecule has 0 aliphatic rings. The van der Waals surface area contributed by atoms with Crippen LogP contribution in [0.15, 0.2) is 17.3 Å². The largest absolute Gasteiger partial charge is 0.444 e. The molecule has 1 amide bonds. The summed E-state index contributed by atoms with van der Waals surface area (Å²) in [7, 11) is 0. The van der Waals surface area contributed by atoms with Crippen LogP contribution in [0.5, 0.6) is 0 Å². The summed E-state index contributed by atoms with van der Waals surface area (Å²) in [5, 5.41) is 2.81. The number of nitrogens with zero attached hydrogens (tertiary/aromatic N) is 2. The van der Waals surface area contributed by atoms with Gasteiger partial charge in [-0.1, -0.05) is 6.92 Å². The molecule has 1 aromatic heterocycles. The number of aryl methyl sites for hydroxylation is 1. The molecule has 1 heterocycles. The van der Waals surface area contributed by atoms with Gasteiger partial charge in [-0.3, -0.25) is 0 Å². The van der Waals surface area contributed by atoms with Crippen molar-refractivity contribution in [1.29, 1.82) is 0 Å². The van der Waals surface area contributed by atoms with E-state index >= 15 is 0 Å². The van der Waals surface area contributed by atoms with E-state index in [0.29, 0.717) is 12.5 Å². The monoisotopic (exact) mass is 325 g/mol. The van der Waals surface area contributed by atoms with Crippen LogP contribution in [0.1, 0.15) is 46.4 Å². The number of carbonyl (C=O) groups excluding carboxylic acids is 1. The summed E-state index contributed by atoms with van der Waals surface area (Å²) in [6.45, 7) is 8.32. The van der Waals surface area contributed by atoms with E-state index in [1.807, 2.05) is 39.4 Å². The summed E-state index contributed by atoms with van der Waals surface area (Å²) in [5.74, 6) is 1.28. The lowest BCUT2D eigenvalue weighted by molar-refractivity contribution is 0.0519. The average Bonchev–Trinajstić information content (AvgIpc) is 2.44. The number of alkyl carbamates (subject to hydrolysis) is 1. The lowest BCUT2D eigenvalue weighted by atomic mass is 10.0. The molecule has 0 aliphatic heterocycles. The van der Waals surface area contributed by atoms with Crippen LogP contribution >= 0.6 is 11.8 Å². The van der Waals surface area contributed by atoms with Gasteiger partial charge in [-0.2, -0.15) is 0 Å². The summed E-state index contributed by atoms with van der Waals surface area (Å²) >= 11 is 1.64. The Kier molecular flexibility index (Phi) is 7.65. The summed E-state index contributed by atoms with van der Waals surface area (Å²) in [6, 6.07) is 0. The molecule has 0 saturated heterocycles. The predicted octanol–water partition coefficient (Wildman–Crippen LogP) is 3.68. The number of ether oxygens (including phenoxy) is 1. The average molecular weight is 325 g/mol. The van der Waals surface area contributed by atoms with E-state index in [1.54, 1.807) is 11.8 Å². The number of thioether (sulfide) groups is 1. The minimum Gasteiger partial charge on any atom is -0.444 e. The number of hydrogen-bond donors (Lipinski definition) is 1. The minimum absolute atomic E-state index is 0.352. The molecule has 6 heteroatoms. The van der Waals surface area contributed by atoms with E-state index in [-0.39, 0.29) is 6.09 Å². The Morgan fingerprint density at radius 1 is 1.36 bits per heavy atom. The number of rotatable bonds is 7. The molecule has 0 fully saturated rings. The second kappa shape index (κ2) is 8.98. The molecule has 0 unspecified atom stereocenters. The van der Waals surface area contributed by atoms with Crippen molar-refractivity contribution in [2.24, 2.45) is 5.92 Å². The minimum atomic E-state index is -0.451. The van der Waals surface area contributed by atoms with E-state index in [4.69, 9.17) is 4.74 Å². The van der Waals surface area contributed by atoms with Crippen LogP contribution in [0, 0.1) is 5.92 Å². The van der Waals surface area contributed by atoms with Crippen molar-refractivity contribution in [2.45, 2.75) is 57.5 Å². The van der Waals surface area contributed by atoms with Crippen molar-refractivity contribution >= 4 is 17.9 Å². The zero-order chi connectivity index (χ0) is 16.6. The molecule has 0 aliphatic carbocycles. The fraction of sp³-hybridized carbons (Fsp3) is 0.688. The molecule has 0 bridgehead atoms. The van der Waals surface area contributed by atoms with Gasteiger partial charge in [0.05, 0.1) is 0 Å². The van der Waals surface area contributed by atoms with Crippen molar-refractivity contribution in [3.63, 3.8) is 0 Å². The standard InChI is InChI=1S/C16H27N3O2S/c1-12(9-19-15(20)21-16(2,3)4)7-6-8-14-17-10-13(22-5)11-18-14/h10-12H,6-9H2,1-5H3,(H,19,20)/t12-/m0/s1. The second-order valence-corrected chi connectivity index (χ2v) is 7.30. The predicted molar refractivity (Wildman–Crippen MR) is 90.2 cm³/mol. The van der Waals surface area contributed by atoms with E-state index in [9.17, 15) is 4.79 Å². The molecule has 0 radical (unpaired) electrons. The van der Waals surface area contributed by atoms with Crippen LogP contribution in [0.2, 0.25) is 0 Å². The van der Waals surface area contributed by atoms with Crippen molar-refractivity contribution in [3.05, 3.63) is 18.2 Å². The molecule has 124 valence electrons. The Morgan fingerprint density at radius 3 is 2.55 bits per heavy atom. The van der Waals surface area contributed by atoms with Crippen LogP contribution in [0.4, 0.5) is 4.79 Å². The maximum absolute atomic E-state index is 11.6. The van der Waals surface area contributed by atoms with Crippen LogP contribution in [0.3, 0.4) is 0 Å². The molecule has 1 N–H and O–H groups in total. The topological polar surface area (TPSA) is 64.1 Å². The SMILES string of the molecule is CSc1cnc(CCC[C@H](C)CNC(=O)OC(C)(C)C)nc1. The van der Waals surface area contributed by atoms with Crippen LogP contribution in [-0.2, 0) is 11.2 Å². The maximum Gasteiger partial charge on any atom is 0.407 e. The van der Waals surface area contributed by atoms with Gasteiger partial charge in [-0.05, 0) is 45.8 Å². The highest BCUT2D eigenvalue weighted by atomic mass is 32.2. The fourth-order valence-corrected chi connectivity index (χ4v) is 2.18. The van der Waals surface area contributed by atoms with Crippen LogP contribution < -0.4 is 5.32 Å². The third-order valence-corrected chi connectivity index (χ3v) is 3.69. The Hall–Kier alpha value is -1.30. The molecule has 1 aromatic rings. The van der Waals surface area contributed by atoms with Crippen molar-refractivity contribution in [3.8, 4) is 0 Å². The van der Waals surface area contributed by atoms with Gasteiger partial charge in [0.1, 0.15) is 11.4 Å². The normalized spacial score (nSPS) is 12.8. The molecular weight excluding hydrogens is 298 g/mol. The zero-order valence-corrected chi connectivity index (χ0v) is 15.0. The lowest BCUT2D eigenvalue weighted by Crippen LogP contribution is -2.34. The maximum atomic E-state index is 11.6. The zero-order valence-electron chi connectivity index (χ0n) is 14.2. The summed E-state index contributed by atoms with van der Waals surface area (Å²) in [5.41, 5.74) is -0.451. The van der Waals surface area contributed by atoms with Crippen molar-refractivity contribution in [2.75, 3.05) is 12.8 Å². The summed E-state index contributed by atoms with van der Waals surface area (Å²) in [6.07, 6.45) is 8.28. The molecular formula is C16H27N3O2S.